The van der Waals surface area contributed by atoms with E-state index in [4.69, 9.17) is 5.84 Å². The third kappa shape index (κ3) is 10.9. The van der Waals surface area contributed by atoms with Crippen LogP contribution in [0.15, 0.2) is 12.7 Å². The highest BCUT2D eigenvalue weighted by atomic mass is 15.7. The van der Waals surface area contributed by atoms with Gasteiger partial charge in [-0.3, -0.25) is 10.7 Å². The van der Waals surface area contributed by atoms with Crippen LogP contribution in [0, 0.1) is 0 Å². The van der Waals surface area contributed by atoms with Crippen molar-refractivity contribution in [3.8, 4) is 0 Å². The van der Waals surface area contributed by atoms with Gasteiger partial charge in [0.15, 0.2) is 0 Å². The second-order valence-electron chi connectivity index (χ2n) is 10.7. The number of nitrogens with zero attached hydrogens (tertiary/aromatic N) is 5. The Morgan fingerprint density at radius 3 is 2.06 bits per heavy atom. The van der Waals surface area contributed by atoms with Gasteiger partial charge in [0.25, 0.3) is 0 Å². The van der Waals surface area contributed by atoms with Crippen molar-refractivity contribution in [3.63, 3.8) is 0 Å². The number of anilines is 1. The van der Waals surface area contributed by atoms with Crippen LogP contribution in [-0.4, -0.2) is 57.1 Å². The van der Waals surface area contributed by atoms with Crippen molar-refractivity contribution in [2.45, 2.75) is 123 Å². The van der Waals surface area contributed by atoms with Gasteiger partial charge in [0.1, 0.15) is 12.7 Å². The van der Waals surface area contributed by atoms with Crippen LogP contribution >= 0.6 is 0 Å². The average Bonchev–Trinajstić information content (AvgIpc) is 2.80. The maximum absolute atomic E-state index is 4.99. The van der Waals surface area contributed by atoms with Gasteiger partial charge < -0.3 is 4.90 Å². The Morgan fingerprint density at radius 1 is 0.941 bits per heavy atom. The van der Waals surface area contributed by atoms with E-state index in [9.17, 15) is 0 Å². The lowest BCUT2D eigenvalue weighted by molar-refractivity contribution is -0.0129. The number of aromatic nitrogens is 3. The van der Waals surface area contributed by atoms with Crippen molar-refractivity contribution in [2.75, 3.05) is 25.0 Å². The van der Waals surface area contributed by atoms with Gasteiger partial charge >= 0.3 is 0 Å². The summed E-state index contributed by atoms with van der Waals surface area (Å²) >= 11 is 0. The molecule has 1 aromatic rings. The van der Waals surface area contributed by atoms with E-state index < -0.39 is 0 Å². The summed E-state index contributed by atoms with van der Waals surface area (Å²) in [7, 11) is 2.25. The lowest BCUT2D eigenvalue weighted by atomic mass is 9.77. The molecule has 9 nitrogen and oxygen atoms in total. The van der Waals surface area contributed by atoms with Crippen LogP contribution in [0.5, 0.6) is 0 Å². The van der Waals surface area contributed by atoms with Crippen LogP contribution in [0.3, 0.4) is 0 Å². The molecule has 34 heavy (non-hydrogen) atoms. The highest BCUT2D eigenvalue weighted by molar-refractivity contribution is 5.31. The predicted octanol–water partition coefficient (Wildman–Crippen LogP) is 3.95. The number of nitrogens with two attached hydrogens (primary N) is 1. The Kier molecular flexibility index (Phi) is 14.7. The summed E-state index contributed by atoms with van der Waals surface area (Å²) in [6.07, 6.45) is 15.7. The smallest absolute Gasteiger partial charge is 0.228 e. The van der Waals surface area contributed by atoms with E-state index in [0.29, 0.717) is 6.04 Å². The normalized spacial score (nSPS) is 17.8. The molecule has 0 saturated carbocycles. The number of hydrogen-bond donors (Lipinski definition) is 4. The summed E-state index contributed by atoms with van der Waals surface area (Å²) in [5.74, 6) is 5.81. The molecular formula is C25H53N9. The first kappa shape index (κ1) is 30.6. The predicted molar refractivity (Wildman–Crippen MR) is 143 cm³/mol. The van der Waals surface area contributed by atoms with Gasteiger partial charge in [-0.05, 0) is 60.4 Å². The molecular weight excluding hydrogens is 426 g/mol. The molecule has 0 spiro atoms. The summed E-state index contributed by atoms with van der Waals surface area (Å²) in [4.78, 5) is 17.7. The molecule has 5 N–H and O–H groups in total. The number of nitrogens with one attached hydrogen (secondary N) is 3. The Labute approximate surface area is 209 Å². The lowest BCUT2D eigenvalue weighted by Crippen LogP contribution is -2.63. The monoisotopic (exact) mass is 479 g/mol. The summed E-state index contributed by atoms with van der Waals surface area (Å²) < 4.78 is 0. The Balaban J connectivity index is 0.000000411. The topological polar surface area (TPSA) is 107 Å². The zero-order chi connectivity index (χ0) is 25.5. The van der Waals surface area contributed by atoms with Gasteiger partial charge in [-0.25, -0.2) is 20.4 Å². The van der Waals surface area contributed by atoms with Crippen molar-refractivity contribution >= 4 is 5.95 Å². The van der Waals surface area contributed by atoms with Crippen molar-refractivity contribution in [1.29, 1.82) is 0 Å². The first-order chi connectivity index (χ1) is 16.2. The first-order valence-corrected chi connectivity index (χ1v) is 13.3. The molecule has 9 heteroatoms. The molecule has 0 atom stereocenters. The van der Waals surface area contributed by atoms with Crippen molar-refractivity contribution < 1.29 is 0 Å². The second-order valence-corrected chi connectivity index (χ2v) is 10.7. The molecule has 198 valence electrons. The van der Waals surface area contributed by atoms with Gasteiger partial charge in [-0.1, -0.05) is 52.4 Å². The largest absolute Gasteiger partial charge is 0.338 e. The highest BCUT2D eigenvalue weighted by Gasteiger charge is 2.45. The fraction of sp³-hybridized carbons (Fsp3) is 0.880. The van der Waals surface area contributed by atoms with Gasteiger partial charge in [0, 0.05) is 30.2 Å². The first-order valence-electron chi connectivity index (χ1n) is 13.3. The minimum absolute atomic E-state index is 0.171. The van der Waals surface area contributed by atoms with Crippen molar-refractivity contribution in [3.05, 3.63) is 12.7 Å². The number of hydrazine groups is 3. The van der Waals surface area contributed by atoms with Gasteiger partial charge in [0.2, 0.25) is 5.95 Å². The van der Waals surface area contributed by atoms with E-state index in [1.807, 2.05) is 0 Å². The van der Waals surface area contributed by atoms with Crippen LogP contribution in [0.4, 0.5) is 5.95 Å². The Bertz CT molecular complexity index is 596. The Hall–Kier alpha value is -1.39. The van der Waals surface area contributed by atoms with Crippen LogP contribution in [0.2, 0.25) is 0 Å². The molecule has 1 aliphatic heterocycles. The van der Waals surface area contributed by atoms with Gasteiger partial charge in [0.05, 0.1) is 0 Å². The molecule has 0 amide bonds. The standard InChI is InChI=1S/C17H31N5.C8H22N4/c1-7-8-9-22(15-19-12-18-13-20-15)14-10-16(2,3)21(6)17(4,5)11-14;1-2-3-4-5-6-7-8-10-12-11-9/h12-14H,7-11H2,1-6H3;10-12H,2-9H2,1H3. The highest BCUT2D eigenvalue weighted by Crippen LogP contribution is 2.39. The van der Waals surface area contributed by atoms with Gasteiger partial charge in [-0.15, -0.1) is 0 Å². The molecule has 0 aliphatic carbocycles. The number of piperidine rings is 1. The minimum atomic E-state index is 0.171. The second kappa shape index (κ2) is 16.3. The summed E-state index contributed by atoms with van der Waals surface area (Å²) in [6.45, 7) is 15.8. The van der Waals surface area contributed by atoms with Crippen LogP contribution in [0.1, 0.15) is 106 Å². The molecule has 1 aromatic heterocycles. The van der Waals surface area contributed by atoms with Crippen LogP contribution in [0.25, 0.3) is 0 Å². The SMILES string of the molecule is CCCCCCCCNNNN.CCCCN(c1ncncn1)C1CC(C)(C)N(C)C(C)(C)C1. The molecule has 0 unspecified atom stereocenters. The summed E-state index contributed by atoms with van der Waals surface area (Å²) in [5.41, 5.74) is 8.23. The maximum atomic E-state index is 4.99. The van der Waals surface area contributed by atoms with E-state index in [1.165, 1.54) is 51.4 Å². The van der Waals surface area contributed by atoms with Crippen LogP contribution < -0.4 is 27.2 Å². The van der Waals surface area contributed by atoms with Crippen molar-refractivity contribution in [1.82, 2.24) is 36.3 Å². The number of hydrogen-bond acceptors (Lipinski definition) is 9. The van der Waals surface area contributed by atoms with E-state index in [2.05, 4.69) is 89.8 Å². The number of unbranched alkanes of at least 4 members (excludes halogenated alkanes) is 6. The molecule has 0 aromatic carbocycles. The fourth-order valence-corrected chi connectivity index (χ4v) is 4.80. The summed E-state index contributed by atoms with van der Waals surface area (Å²) in [6, 6.07) is 0.468. The molecule has 1 fully saturated rings. The lowest BCUT2D eigenvalue weighted by Gasteiger charge is -2.55. The van der Waals surface area contributed by atoms with Gasteiger partial charge in [-0.2, -0.15) is 11.1 Å². The van der Waals surface area contributed by atoms with E-state index in [0.717, 1.165) is 31.9 Å². The van der Waals surface area contributed by atoms with E-state index >= 15 is 0 Å². The quantitative estimate of drug-likeness (QED) is 0.179. The average molecular weight is 480 g/mol. The van der Waals surface area contributed by atoms with Crippen molar-refractivity contribution in [2.24, 2.45) is 5.84 Å². The third-order valence-corrected chi connectivity index (χ3v) is 7.03. The Morgan fingerprint density at radius 2 is 1.50 bits per heavy atom. The molecule has 2 heterocycles. The molecule has 2 rings (SSSR count). The molecule has 1 saturated heterocycles. The maximum Gasteiger partial charge on any atom is 0.228 e. The van der Waals surface area contributed by atoms with E-state index in [1.54, 1.807) is 12.7 Å². The number of rotatable bonds is 14. The zero-order valence-electron chi connectivity index (χ0n) is 23.0. The summed E-state index contributed by atoms with van der Waals surface area (Å²) in [5, 5.41) is 0. The van der Waals surface area contributed by atoms with E-state index in [-0.39, 0.29) is 11.1 Å². The fourth-order valence-electron chi connectivity index (χ4n) is 4.80. The van der Waals surface area contributed by atoms with Crippen LogP contribution in [-0.2, 0) is 0 Å². The number of likely N-dealkylation sites (tertiary alicyclic amines) is 1. The third-order valence-electron chi connectivity index (χ3n) is 7.03. The minimum Gasteiger partial charge on any atom is -0.338 e. The molecule has 0 radical (unpaired) electrons. The molecule has 0 bridgehead atoms. The molecule has 1 aliphatic rings. The zero-order valence-corrected chi connectivity index (χ0v) is 23.0.